The largest absolute Gasteiger partial charge is 0.309 e. The Hall–Kier alpha value is -5.39. The van der Waals surface area contributed by atoms with E-state index in [1.807, 2.05) is 30.2 Å². The van der Waals surface area contributed by atoms with E-state index in [0.717, 1.165) is 41.1 Å². The fourth-order valence-corrected chi connectivity index (χ4v) is 8.42. The van der Waals surface area contributed by atoms with Gasteiger partial charge in [-0.3, -0.25) is 9.98 Å². The van der Waals surface area contributed by atoms with Crippen LogP contribution in [0.1, 0.15) is 12.0 Å². The van der Waals surface area contributed by atoms with Crippen molar-refractivity contribution in [3.63, 3.8) is 0 Å². The molecular formula is C40H26N4S. The topological polar surface area (TPSA) is 35.1 Å². The molecule has 212 valence electrons. The average Bonchev–Trinajstić information content (AvgIpc) is 3.63. The number of hydrogen-bond acceptors (Lipinski definition) is 3. The Balaban J connectivity index is 1.36. The zero-order valence-corrected chi connectivity index (χ0v) is 25.1. The summed E-state index contributed by atoms with van der Waals surface area (Å²) in [6, 6.07) is 40.0. The third kappa shape index (κ3) is 3.62. The number of allylic oxidation sites excluding steroid dienone is 1. The van der Waals surface area contributed by atoms with E-state index in [1.54, 1.807) is 0 Å². The van der Waals surface area contributed by atoms with E-state index in [-0.39, 0.29) is 0 Å². The van der Waals surface area contributed by atoms with Crippen LogP contribution in [0.5, 0.6) is 0 Å². The van der Waals surface area contributed by atoms with Gasteiger partial charge in [0.1, 0.15) is 0 Å². The number of aromatic nitrogens is 3. The molecule has 0 fully saturated rings. The highest BCUT2D eigenvalue weighted by Gasteiger charge is 2.27. The lowest BCUT2D eigenvalue weighted by atomic mass is 9.99. The third-order valence-corrected chi connectivity index (χ3v) is 10.3. The van der Waals surface area contributed by atoms with Crippen LogP contribution in [-0.2, 0) is 0 Å². The van der Waals surface area contributed by atoms with Crippen LogP contribution in [0.2, 0.25) is 0 Å². The molecule has 0 aliphatic carbocycles. The number of rotatable bonds is 3. The number of hydrogen-bond donors (Lipinski definition) is 0. The van der Waals surface area contributed by atoms with Crippen LogP contribution in [0, 0.1) is 0 Å². The molecule has 5 heterocycles. The second kappa shape index (κ2) is 9.55. The summed E-state index contributed by atoms with van der Waals surface area (Å²) in [7, 11) is 0. The number of pyridine rings is 1. The summed E-state index contributed by atoms with van der Waals surface area (Å²) >= 11 is 1.87. The summed E-state index contributed by atoms with van der Waals surface area (Å²) in [5.74, 6) is 0. The van der Waals surface area contributed by atoms with Crippen molar-refractivity contribution >= 4 is 61.1 Å². The minimum absolute atomic E-state index is 0.817. The Labute approximate surface area is 264 Å². The smallest absolute Gasteiger partial charge is 0.0688 e. The Bertz CT molecular complexity index is 2570. The van der Waals surface area contributed by atoms with Gasteiger partial charge in [-0.25, -0.2) is 0 Å². The number of fused-ring (bicyclic) bond motifs is 9. The number of para-hydroxylation sites is 3. The number of aliphatic imine (C=N–C) groups is 1. The molecule has 10 rings (SSSR count). The van der Waals surface area contributed by atoms with Gasteiger partial charge in [-0.15, -0.1) is 0 Å². The van der Waals surface area contributed by atoms with E-state index >= 15 is 0 Å². The van der Waals surface area contributed by atoms with Gasteiger partial charge in [0.05, 0.1) is 33.5 Å². The van der Waals surface area contributed by atoms with Crippen molar-refractivity contribution in [1.82, 2.24) is 14.1 Å². The van der Waals surface area contributed by atoms with Crippen LogP contribution in [-0.4, -0.2) is 26.4 Å². The molecule has 45 heavy (non-hydrogen) atoms. The van der Waals surface area contributed by atoms with E-state index in [9.17, 15) is 0 Å². The van der Waals surface area contributed by atoms with E-state index in [2.05, 4.69) is 129 Å². The minimum atomic E-state index is 0.817. The number of benzene rings is 5. The van der Waals surface area contributed by atoms with Gasteiger partial charge in [0.2, 0.25) is 0 Å². The first-order valence-electron chi connectivity index (χ1n) is 15.4. The van der Waals surface area contributed by atoms with E-state index in [0.29, 0.717) is 0 Å². The lowest BCUT2D eigenvalue weighted by Gasteiger charge is -2.20. The maximum Gasteiger partial charge on any atom is 0.0688 e. The lowest BCUT2D eigenvalue weighted by molar-refractivity contribution is 0.994. The zero-order valence-electron chi connectivity index (χ0n) is 24.3. The molecule has 2 aliphatic heterocycles. The van der Waals surface area contributed by atoms with E-state index in [4.69, 9.17) is 4.99 Å². The van der Waals surface area contributed by atoms with Crippen molar-refractivity contribution in [2.24, 2.45) is 4.99 Å². The monoisotopic (exact) mass is 594 g/mol. The standard InChI is InChI=1S/C40H26N4S/c1-3-14-32-29(11-1)38-35(23-37-40-39(38)30-12-2-4-15-33(30)44(40)34-16-5-6-17-36(34)45-37)43(32)28-21-26(25-10-9-18-41-24-25)20-27(22-28)31-13-7-8-19-42-31/h1-7,9-18,20-24H,8,19H2. The number of dihydropyridines is 1. The summed E-state index contributed by atoms with van der Waals surface area (Å²) in [6.07, 6.45) is 9.16. The molecule has 4 nitrogen and oxygen atoms in total. The normalized spacial score (nSPS) is 14.0. The maximum absolute atomic E-state index is 4.91. The lowest BCUT2D eigenvalue weighted by Crippen LogP contribution is -2.05. The molecule has 0 bridgehead atoms. The van der Waals surface area contributed by atoms with Crippen molar-refractivity contribution in [3.8, 4) is 22.5 Å². The molecule has 5 aromatic carbocycles. The highest BCUT2D eigenvalue weighted by Crippen LogP contribution is 2.51. The fraction of sp³-hybridized carbons (Fsp3) is 0.0500. The molecule has 0 atom stereocenters. The van der Waals surface area contributed by atoms with Gasteiger partial charge < -0.3 is 9.13 Å². The van der Waals surface area contributed by atoms with Crippen LogP contribution in [0.15, 0.2) is 149 Å². The van der Waals surface area contributed by atoms with Crippen LogP contribution < -0.4 is 0 Å². The molecule has 0 spiro atoms. The van der Waals surface area contributed by atoms with Gasteiger partial charge >= 0.3 is 0 Å². The van der Waals surface area contributed by atoms with Gasteiger partial charge in [-0.1, -0.05) is 72.4 Å². The highest BCUT2D eigenvalue weighted by molar-refractivity contribution is 7.99. The predicted octanol–water partition coefficient (Wildman–Crippen LogP) is 10.2. The second-order valence-corrected chi connectivity index (χ2v) is 12.8. The Morgan fingerprint density at radius 1 is 0.622 bits per heavy atom. The average molecular weight is 595 g/mol. The summed E-state index contributed by atoms with van der Waals surface area (Å²) in [6.45, 7) is 0.817. The first-order valence-corrected chi connectivity index (χ1v) is 16.2. The Morgan fingerprint density at radius 2 is 1.40 bits per heavy atom. The first-order chi connectivity index (χ1) is 22.3. The van der Waals surface area contributed by atoms with E-state index in [1.165, 1.54) is 59.1 Å². The molecule has 0 radical (unpaired) electrons. The van der Waals surface area contributed by atoms with Crippen molar-refractivity contribution in [2.45, 2.75) is 16.2 Å². The molecule has 0 saturated carbocycles. The van der Waals surface area contributed by atoms with Crippen LogP contribution in [0.3, 0.4) is 0 Å². The Morgan fingerprint density at radius 3 is 2.22 bits per heavy atom. The molecule has 3 aromatic heterocycles. The van der Waals surface area contributed by atoms with Crippen molar-refractivity contribution in [1.29, 1.82) is 0 Å². The summed E-state index contributed by atoms with van der Waals surface area (Å²) in [4.78, 5) is 11.9. The zero-order chi connectivity index (χ0) is 29.5. The predicted molar refractivity (Wildman–Crippen MR) is 188 cm³/mol. The summed E-state index contributed by atoms with van der Waals surface area (Å²) in [5.41, 5.74) is 11.7. The second-order valence-electron chi connectivity index (χ2n) is 11.7. The van der Waals surface area contributed by atoms with Gasteiger partial charge in [0, 0.05) is 67.1 Å². The SMILES string of the molecule is C1=CC(c2cc(-c3cccnc3)cc(-n3c4ccccc4c4c5c6ccccc6n6c5c(cc43)Sc3ccccc3-6)c2)=NCC1. The molecule has 5 heteroatoms. The molecule has 8 aromatic rings. The van der Waals surface area contributed by atoms with Crippen molar-refractivity contribution in [3.05, 3.63) is 139 Å². The molecule has 0 saturated heterocycles. The molecule has 0 unspecified atom stereocenters. The van der Waals surface area contributed by atoms with E-state index < -0.39 is 0 Å². The summed E-state index contributed by atoms with van der Waals surface area (Å²) in [5, 5.41) is 5.15. The van der Waals surface area contributed by atoms with Gasteiger partial charge in [-0.2, -0.15) is 0 Å². The van der Waals surface area contributed by atoms with Crippen LogP contribution in [0.25, 0.3) is 66.1 Å². The number of nitrogens with zero attached hydrogens (tertiary/aromatic N) is 4. The van der Waals surface area contributed by atoms with Gasteiger partial charge in [-0.05, 0) is 72.7 Å². The Kier molecular flexibility index (Phi) is 5.31. The molecule has 0 N–H and O–H groups in total. The van der Waals surface area contributed by atoms with Crippen molar-refractivity contribution < 1.29 is 0 Å². The van der Waals surface area contributed by atoms with Gasteiger partial charge in [0.15, 0.2) is 0 Å². The highest BCUT2D eigenvalue weighted by atomic mass is 32.2. The third-order valence-electron chi connectivity index (χ3n) is 9.18. The van der Waals surface area contributed by atoms with Crippen LogP contribution >= 0.6 is 11.8 Å². The minimum Gasteiger partial charge on any atom is -0.309 e. The molecule has 2 aliphatic rings. The molecule has 0 amide bonds. The fourth-order valence-electron chi connectivity index (χ4n) is 7.31. The summed E-state index contributed by atoms with van der Waals surface area (Å²) < 4.78 is 4.94. The van der Waals surface area contributed by atoms with Crippen molar-refractivity contribution in [2.75, 3.05) is 6.54 Å². The van der Waals surface area contributed by atoms with Gasteiger partial charge in [0.25, 0.3) is 0 Å². The van der Waals surface area contributed by atoms with Crippen LogP contribution in [0.4, 0.5) is 0 Å². The maximum atomic E-state index is 4.91. The first kappa shape index (κ1) is 25.0. The quantitative estimate of drug-likeness (QED) is 0.204. The molecular weight excluding hydrogens is 569 g/mol.